The fourth-order valence-electron chi connectivity index (χ4n) is 1.59. The Morgan fingerprint density at radius 1 is 1.30 bits per heavy atom. The number of carboxylic acid groups (broad SMARTS) is 1. The molecule has 5 nitrogen and oxygen atoms in total. The number of carbonyl (C=O) groups is 1. The second-order valence-electron chi connectivity index (χ2n) is 4.22. The van der Waals surface area contributed by atoms with E-state index in [2.05, 4.69) is 0 Å². The Bertz CT molecular complexity index is 557. The second-order valence-corrected chi connectivity index (χ2v) is 6.14. The molecule has 1 rings (SSSR count). The Morgan fingerprint density at radius 3 is 2.30 bits per heavy atom. The van der Waals surface area contributed by atoms with Crippen molar-refractivity contribution in [3.8, 4) is 0 Å². The third kappa shape index (κ3) is 4.16. The molecule has 0 bridgehead atoms. The quantitative estimate of drug-likeness (QED) is 0.834. The van der Waals surface area contributed by atoms with Crippen molar-refractivity contribution in [3.05, 3.63) is 24.3 Å². The summed E-state index contributed by atoms with van der Waals surface area (Å²) in [5, 5.41) is 8.52. The van der Waals surface area contributed by atoms with E-state index >= 15 is 0 Å². The molecule has 8 heteroatoms. The molecular formula is C12H15F2NO4S. The van der Waals surface area contributed by atoms with Crippen LogP contribution in [0.15, 0.2) is 29.2 Å². The molecule has 1 aromatic carbocycles. The summed E-state index contributed by atoms with van der Waals surface area (Å²) < 4.78 is 47.2. The van der Waals surface area contributed by atoms with E-state index in [1.807, 2.05) is 0 Å². The van der Waals surface area contributed by atoms with Crippen LogP contribution in [0, 0.1) is 0 Å². The van der Waals surface area contributed by atoms with Gasteiger partial charge in [0.05, 0.1) is 4.90 Å². The highest BCUT2D eigenvalue weighted by molar-refractivity contribution is 7.91. The number of halogens is 2. The van der Waals surface area contributed by atoms with Crippen LogP contribution in [-0.4, -0.2) is 38.8 Å². The SMILES string of the molecule is CN(CCCC(=O)O)c1ccc(S(=O)(=O)C(F)F)cc1. The van der Waals surface area contributed by atoms with Crippen molar-refractivity contribution in [1.82, 2.24) is 0 Å². The Labute approximate surface area is 115 Å². The standard InChI is InChI=1S/C12H15F2NO4S/c1-15(8-2-3-11(16)17)9-4-6-10(7-5-9)20(18,19)12(13)14/h4-7,12H,2-3,8H2,1H3,(H,16,17). The first-order valence-electron chi connectivity index (χ1n) is 5.80. The molecule has 0 saturated heterocycles. The molecule has 0 saturated carbocycles. The summed E-state index contributed by atoms with van der Waals surface area (Å²) in [6.07, 6.45) is 0.463. The number of nitrogens with zero attached hydrogens (tertiary/aromatic N) is 1. The van der Waals surface area contributed by atoms with E-state index in [4.69, 9.17) is 5.11 Å². The molecule has 1 N–H and O–H groups in total. The molecule has 0 aromatic heterocycles. The van der Waals surface area contributed by atoms with Crippen molar-refractivity contribution >= 4 is 21.5 Å². The number of hydrogen-bond acceptors (Lipinski definition) is 4. The predicted octanol–water partition coefficient (Wildman–Crippen LogP) is 1.98. The Hall–Kier alpha value is -1.70. The largest absolute Gasteiger partial charge is 0.481 e. The summed E-state index contributed by atoms with van der Waals surface area (Å²) in [4.78, 5) is 11.7. The van der Waals surface area contributed by atoms with Gasteiger partial charge < -0.3 is 10.0 Å². The maximum atomic E-state index is 12.3. The average molecular weight is 307 g/mol. The van der Waals surface area contributed by atoms with Crippen molar-refractivity contribution in [2.75, 3.05) is 18.5 Å². The van der Waals surface area contributed by atoms with Crippen LogP contribution in [0.4, 0.5) is 14.5 Å². The van der Waals surface area contributed by atoms with Gasteiger partial charge in [-0.2, -0.15) is 8.78 Å². The molecule has 0 unspecified atom stereocenters. The third-order valence-electron chi connectivity index (χ3n) is 2.72. The number of sulfone groups is 1. The molecule has 0 aliphatic rings. The molecule has 0 aliphatic carbocycles. The molecule has 0 atom stereocenters. The minimum Gasteiger partial charge on any atom is -0.481 e. The number of alkyl halides is 2. The van der Waals surface area contributed by atoms with Gasteiger partial charge in [-0.25, -0.2) is 8.42 Å². The van der Waals surface area contributed by atoms with E-state index in [-0.39, 0.29) is 6.42 Å². The number of carboxylic acids is 1. The molecule has 0 amide bonds. The Kier molecular flexibility index (Phi) is 5.43. The van der Waals surface area contributed by atoms with Crippen LogP contribution < -0.4 is 4.90 Å². The second kappa shape index (κ2) is 6.65. The first-order chi connectivity index (χ1) is 9.25. The van der Waals surface area contributed by atoms with E-state index in [0.29, 0.717) is 18.7 Å². The molecule has 0 radical (unpaired) electrons. The molecule has 20 heavy (non-hydrogen) atoms. The lowest BCUT2D eigenvalue weighted by Gasteiger charge is -2.19. The summed E-state index contributed by atoms with van der Waals surface area (Å²) in [5.41, 5.74) is 0.628. The molecule has 0 aliphatic heterocycles. The Morgan fingerprint density at radius 2 is 1.85 bits per heavy atom. The summed E-state index contributed by atoms with van der Waals surface area (Å²) >= 11 is 0. The number of anilines is 1. The van der Waals surface area contributed by atoms with E-state index in [1.165, 1.54) is 12.1 Å². The van der Waals surface area contributed by atoms with E-state index in [1.54, 1.807) is 11.9 Å². The van der Waals surface area contributed by atoms with Gasteiger partial charge in [0.2, 0.25) is 9.84 Å². The first kappa shape index (κ1) is 16.4. The zero-order valence-corrected chi connectivity index (χ0v) is 11.6. The van der Waals surface area contributed by atoms with Crippen LogP contribution in [-0.2, 0) is 14.6 Å². The van der Waals surface area contributed by atoms with Crippen molar-refractivity contribution in [2.45, 2.75) is 23.5 Å². The highest BCUT2D eigenvalue weighted by Crippen LogP contribution is 2.21. The molecular weight excluding hydrogens is 292 g/mol. The summed E-state index contributed by atoms with van der Waals surface area (Å²) in [6, 6.07) is 5.06. The maximum Gasteiger partial charge on any atom is 0.341 e. The molecule has 1 aromatic rings. The smallest absolute Gasteiger partial charge is 0.341 e. The van der Waals surface area contributed by atoms with Crippen LogP contribution >= 0.6 is 0 Å². The van der Waals surface area contributed by atoms with Gasteiger partial charge in [-0.3, -0.25) is 4.79 Å². The van der Waals surface area contributed by atoms with Gasteiger partial charge in [0.15, 0.2) is 0 Å². The number of aliphatic carboxylic acids is 1. The predicted molar refractivity (Wildman–Crippen MR) is 69.8 cm³/mol. The van der Waals surface area contributed by atoms with E-state index in [9.17, 15) is 22.0 Å². The van der Waals surface area contributed by atoms with Crippen LogP contribution in [0.3, 0.4) is 0 Å². The van der Waals surface area contributed by atoms with Crippen molar-refractivity contribution in [1.29, 1.82) is 0 Å². The summed E-state index contributed by atoms with van der Waals surface area (Å²) in [6.45, 7) is 0.466. The van der Waals surface area contributed by atoms with E-state index < -0.39 is 26.5 Å². The minimum absolute atomic E-state index is 0.0299. The normalized spacial score (nSPS) is 11.6. The topological polar surface area (TPSA) is 74.7 Å². The van der Waals surface area contributed by atoms with Gasteiger partial charge in [-0.05, 0) is 30.7 Å². The van der Waals surface area contributed by atoms with Gasteiger partial charge in [0.25, 0.3) is 0 Å². The fourth-order valence-corrected chi connectivity index (χ4v) is 2.31. The number of hydrogen-bond donors (Lipinski definition) is 1. The van der Waals surface area contributed by atoms with Gasteiger partial charge >= 0.3 is 11.7 Å². The van der Waals surface area contributed by atoms with Gasteiger partial charge in [-0.1, -0.05) is 0 Å². The van der Waals surface area contributed by atoms with Crippen LogP contribution in [0.1, 0.15) is 12.8 Å². The number of benzene rings is 1. The van der Waals surface area contributed by atoms with Crippen LogP contribution in [0.25, 0.3) is 0 Å². The molecule has 0 heterocycles. The monoisotopic (exact) mass is 307 g/mol. The van der Waals surface area contributed by atoms with Crippen LogP contribution in [0.5, 0.6) is 0 Å². The van der Waals surface area contributed by atoms with Crippen LogP contribution in [0.2, 0.25) is 0 Å². The summed E-state index contributed by atoms with van der Waals surface area (Å²) in [5.74, 6) is -4.33. The fraction of sp³-hybridized carbons (Fsp3) is 0.417. The number of rotatable bonds is 7. The Balaban J connectivity index is 2.74. The highest BCUT2D eigenvalue weighted by atomic mass is 32.2. The summed E-state index contributed by atoms with van der Waals surface area (Å²) in [7, 11) is -2.87. The highest BCUT2D eigenvalue weighted by Gasteiger charge is 2.26. The van der Waals surface area contributed by atoms with Crippen molar-refractivity contribution in [2.24, 2.45) is 0 Å². The first-order valence-corrected chi connectivity index (χ1v) is 7.35. The molecule has 0 spiro atoms. The average Bonchev–Trinajstić information content (AvgIpc) is 2.38. The van der Waals surface area contributed by atoms with Gasteiger partial charge in [0, 0.05) is 25.7 Å². The maximum absolute atomic E-state index is 12.3. The zero-order chi connectivity index (χ0) is 15.3. The lowest BCUT2D eigenvalue weighted by atomic mass is 10.2. The lowest BCUT2D eigenvalue weighted by Crippen LogP contribution is -2.19. The lowest BCUT2D eigenvalue weighted by molar-refractivity contribution is -0.137. The van der Waals surface area contributed by atoms with Gasteiger partial charge in [0.1, 0.15) is 0 Å². The van der Waals surface area contributed by atoms with Crippen molar-refractivity contribution < 1.29 is 27.1 Å². The molecule has 112 valence electrons. The zero-order valence-electron chi connectivity index (χ0n) is 10.8. The minimum atomic E-state index is -4.58. The third-order valence-corrected chi connectivity index (χ3v) is 4.12. The van der Waals surface area contributed by atoms with Crippen molar-refractivity contribution in [3.63, 3.8) is 0 Å². The molecule has 0 fully saturated rings. The van der Waals surface area contributed by atoms with E-state index in [0.717, 1.165) is 12.1 Å². The van der Waals surface area contributed by atoms with Gasteiger partial charge in [-0.15, -0.1) is 0 Å².